The van der Waals surface area contributed by atoms with Crippen molar-refractivity contribution in [1.82, 2.24) is 9.47 Å². The molecule has 0 radical (unpaired) electrons. The third-order valence-electron chi connectivity index (χ3n) is 3.21. The maximum atomic E-state index is 12.3. The van der Waals surface area contributed by atoms with Crippen LogP contribution in [0.1, 0.15) is 23.8 Å². The van der Waals surface area contributed by atoms with Gasteiger partial charge in [-0.2, -0.15) is 0 Å². The molecule has 0 spiro atoms. The summed E-state index contributed by atoms with van der Waals surface area (Å²) in [5.41, 5.74) is 0.456. The van der Waals surface area contributed by atoms with E-state index >= 15 is 0 Å². The number of nitrogens with zero attached hydrogens (tertiary/aromatic N) is 2. The molecule has 0 aliphatic carbocycles. The van der Waals surface area contributed by atoms with Gasteiger partial charge in [-0.05, 0) is 19.1 Å². The van der Waals surface area contributed by atoms with Crippen LogP contribution in [0, 0.1) is 0 Å². The van der Waals surface area contributed by atoms with Gasteiger partial charge in [0.25, 0.3) is 5.91 Å². The number of aliphatic hydroxyl groups is 1. The molecule has 1 aromatic rings. The third-order valence-corrected chi connectivity index (χ3v) is 3.21. The lowest BCUT2D eigenvalue weighted by molar-refractivity contribution is -0.141. The number of amides is 1. The number of carbonyl (C=O) groups excluding carboxylic acids is 1. The summed E-state index contributed by atoms with van der Waals surface area (Å²) in [5.74, 6) is -1.42. The van der Waals surface area contributed by atoms with Gasteiger partial charge in [-0.25, -0.2) is 4.79 Å². The Morgan fingerprint density at radius 3 is 2.83 bits per heavy atom. The van der Waals surface area contributed by atoms with Gasteiger partial charge in [-0.1, -0.05) is 0 Å². The largest absolute Gasteiger partial charge is 0.480 e. The minimum Gasteiger partial charge on any atom is -0.480 e. The van der Waals surface area contributed by atoms with Crippen molar-refractivity contribution in [2.75, 3.05) is 6.54 Å². The number of aromatic nitrogens is 1. The fourth-order valence-corrected chi connectivity index (χ4v) is 2.30. The highest BCUT2D eigenvalue weighted by Crippen LogP contribution is 2.21. The van der Waals surface area contributed by atoms with Crippen LogP contribution in [0.5, 0.6) is 0 Å². The average Bonchev–Trinajstić information content (AvgIpc) is 2.93. The SMILES string of the molecule is CCn1cccc1C(=O)N1CC(O)CC1C(=O)O. The summed E-state index contributed by atoms with van der Waals surface area (Å²) < 4.78 is 1.76. The van der Waals surface area contributed by atoms with Crippen molar-refractivity contribution in [1.29, 1.82) is 0 Å². The molecule has 0 bridgehead atoms. The predicted molar refractivity (Wildman–Crippen MR) is 63.2 cm³/mol. The molecule has 2 rings (SSSR count). The Bertz CT molecular complexity index is 468. The molecule has 2 heterocycles. The molecule has 2 unspecified atom stereocenters. The van der Waals surface area contributed by atoms with Gasteiger partial charge in [-0.3, -0.25) is 4.79 Å². The van der Waals surface area contributed by atoms with Gasteiger partial charge in [0.15, 0.2) is 0 Å². The number of carboxylic acid groups (broad SMARTS) is 1. The Labute approximate surface area is 104 Å². The van der Waals surface area contributed by atoms with Crippen molar-refractivity contribution in [3.05, 3.63) is 24.0 Å². The lowest BCUT2D eigenvalue weighted by atomic mass is 10.2. The van der Waals surface area contributed by atoms with Crippen molar-refractivity contribution in [2.45, 2.75) is 32.0 Å². The van der Waals surface area contributed by atoms with Crippen LogP contribution in [0.4, 0.5) is 0 Å². The second-order valence-electron chi connectivity index (χ2n) is 4.38. The monoisotopic (exact) mass is 252 g/mol. The van der Waals surface area contributed by atoms with Gasteiger partial charge < -0.3 is 19.7 Å². The average molecular weight is 252 g/mol. The molecule has 1 fully saturated rings. The molecule has 1 amide bonds. The lowest BCUT2D eigenvalue weighted by Gasteiger charge is -2.21. The van der Waals surface area contributed by atoms with Crippen LogP contribution in [0.15, 0.2) is 18.3 Å². The minimum absolute atomic E-state index is 0.0741. The van der Waals surface area contributed by atoms with E-state index < -0.39 is 18.1 Å². The summed E-state index contributed by atoms with van der Waals surface area (Å²) in [4.78, 5) is 24.6. The summed E-state index contributed by atoms with van der Waals surface area (Å²) >= 11 is 0. The number of aliphatic carboxylic acids is 1. The van der Waals surface area contributed by atoms with Crippen LogP contribution in [0.25, 0.3) is 0 Å². The number of hydrogen-bond acceptors (Lipinski definition) is 3. The third kappa shape index (κ3) is 2.11. The molecule has 1 saturated heterocycles. The lowest BCUT2D eigenvalue weighted by Crippen LogP contribution is -2.41. The molecule has 1 aliphatic heterocycles. The summed E-state index contributed by atoms with van der Waals surface area (Å²) in [7, 11) is 0. The van der Waals surface area contributed by atoms with Gasteiger partial charge in [-0.15, -0.1) is 0 Å². The van der Waals surface area contributed by atoms with Crippen molar-refractivity contribution in [2.24, 2.45) is 0 Å². The molecule has 6 nitrogen and oxygen atoms in total. The molecule has 98 valence electrons. The van der Waals surface area contributed by atoms with Crippen LogP contribution in [0.3, 0.4) is 0 Å². The van der Waals surface area contributed by atoms with Crippen LogP contribution in [0.2, 0.25) is 0 Å². The Hall–Kier alpha value is -1.82. The molecular formula is C12H16N2O4. The van der Waals surface area contributed by atoms with Crippen LogP contribution in [-0.4, -0.2) is 50.2 Å². The number of likely N-dealkylation sites (tertiary alicyclic amines) is 1. The second kappa shape index (κ2) is 4.81. The summed E-state index contributed by atoms with van der Waals surface area (Å²) in [6.07, 6.45) is 1.10. The maximum absolute atomic E-state index is 12.3. The van der Waals surface area contributed by atoms with Crippen molar-refractivity contribution >= 4 is 11.9 Å². The first kappa shape index (κ1) is 12.6. The molecule has 0 saturated carbocycles. The first-order chi connectivity index (χ1) is 8.54. The van der Waals surface area contributed by atoms with E-state index in [4.69, 9.17) is 5.11 Å². The fourth-order valence-electron chi connectivity index (χ4n) is 2.30. The highest BCUT2D eigenvalue weighted by atomic mass is 16.4. The van der Waals surface area contributed by atoms with Gasteiger partial charge >= 0.3 is 5.97 Å². The van der Waals surface area contributed by atoms with E-state index in [0.717, 1.165) is 0 Å². The fraction of sp³-hybridized carbons (Fsp3) is 0.500. The zero-order valence-corrected chi connectivity index (χ0v) is 10.1. The van der Waals surface area contributed by atoms with Crippen LogP contribution >= 0.6 is 0 Å². The van der Waals surface area contributed by atoms with Crippen molar-refractivity contribution in [3.8, 4) is 0 Å². The molecule has 0 aromatic carbocycles. The van der Waals surface area contributed by atoms with Gasteiger partial charge in [0.05, 0.1) is 6.10 Å². The number of aliphatic hydroxyl groups excluding tert-OH is 1. The number of carbonyl (C=O) groups is 2. The standard InChI is InChI=1S/C12H16N2O4/c1-2-13-5-3-4-9(13)11(16)14-7-8(15)6-10(14)12(17)18/h3-5,8,10,15H,2,6-7H2,1H3,(H,17,18). The number of hydrogen-bond donors (Lipinski definition) is 2. The number of aryl methyl sites for hydroxylation is 1. The van der Waals surface area contributed by atoms with E-state index in [1.807, 2.05) is 6.92 Å². The van der Waals surface area contributed by atoms with E-state index in [-0.39, 0.29) is 18.9 Å². The van der Waals surface area contributed by atoms with E-state index in [0.29, 0.717) is 12.2 Å². The van der Waals surface area contributed by atoms with E-state index in [9.17, 15) is 14.7 Å². The second-order valence-corrected chi connectivity index (χ2v) is 4.38. The van der Waals surface area contributed by atoms with E-state index in [1.165, 1.54) is 4.90 Å². The minimum atomic E-state index is -1.07. The van der Waals surface area contributed by atoms with Gasteiger partial charge in [0.1, 0.15) is 11.7 Å². The zero-order valence-electron chi connectivity index (χ0n) is 10.1. The molecule has 6 heteroatoms. The normalized spacial score (nSPS) is 23.3. The summed E-state index contributed by atoms with van der Waals surface area (Å²) in [6, 6.07) is 2.47. The topological polar surface area (TPSA) is 82.8 Å². The Morgan fingerprint density at radius 1 is 1.50 bits per heavy atom. The summed E-state index contributed by atoms with van der Waals surface area (Å²) in [5, 5.41) is 18.6. The predicted octanol–water partition coefficient (Wildman–Crippen LogP) is 0.168. The maximum Gasteiger partial charge on any atom is 0.326 e. The molecule has 2 atom stereocenters. The van der Waals surface area contributed by atoms with Crippen LogP contribution in [-0.2, 0) is 11.3 Å². The van der Waals surface area contributed by atoms with Crippen LogP contribution < -0.4 is 0 Å². The van der Waals surface area contributed by atoms with Gasteiger partial charge in [0, 0.05) is 25.7 Å². The Kier molecular flexibility index (Phi) is 3.38. The Morgan fingerprint density at radius 2 is 2.22 bits per heavy atom. The quantitative estimate of drug-likeness (QED) is 0.803. The first-order valence-corrected chi connectivity index (χ1v) is 5.91. The van der Waals surface area contributed by atoms with Gasteiger partial charge in [0.2, 0.25) is 0 Å². The smallest absolute Gasteiger partial charge is 0.326 e. The highest BCUT2D eigenvalue weighted by Gasteiger charge is 2.39. The molecular weight excluding hydrogens is 236 g/mol. The highest BCUT2D eigenvalue weighted by molar-refractivity contribution is 5.95. The zero-order chi connectivity index (χ0) is 13.3. The van der Waals surface area contributed by atoms with Crippen molar-refractivity contribution in [3.63, 3.8) is 0 Å². The molecule has 1 aromatic heterocycles. The van der Waals surface area contributed by atoms with Crippen molar-refractivity contribution < 1.29 is 19.8 Å². The first-order valence-electron chi connectivity index (χ1n) is 5.91. The Balaban J connectivity index is 2.25. The molecule has 1 aliphatic rings. The molecule has 2 N–H and O–H groups in total. The number of rotatable bonds is 3. The molecule has 18 heavy (non-hydrogen) atoms. The summed E-state index contributed by atoms with van der Waals surface area (Å²) in [6.45, 7) is 2.62. The number of β-amino-alcohol motifs (C(OH)–C–C–N with tert-alkyl or cyclic N) is 1. The van der Waals surface area contributed by atoms with E-state index in [1.54, 1.807) is 22.9 Å². The van der Waals surface area contributed by atoms with E-state index in [2.05, 4.69) is 0 Å². The number of carboxylic acids is 1.